The fraction of sp³-hybridized carbons (Fsp3) is 0.176. The fourth-order valence-corrected chi connectivity index (χ4v) is 2.18. The van der Waals surface area contributed by atoms with Gasteiger partial charge in [0.05, 0.1) is 7.11 Å². The van der Waals surface area contributed by atoms with Crippen molar-refractivity contribution in [2.45, 2.75) is 6.42 Å². The van der Waals surface area contributed by atoms with Crippen LogP contribution in [0.3, 0.4) is 0 Å². The number of fused-ring (bicyclic) bond motifs is 1. The number of allylic oxidation sites excluding steroid dienone is 1. The minimum Gasteiger partial charge on any atom is -0.496 e. The molecule has 3 rings (SSSR count). The highest BCUT2D eigenvalue weighted by Crippen LogP contribution is 2.38. The number of hydrogen-bond donors (Lipinski definition) is 0. The van der Waals surface area contributed by atoms with E-state index in [-0.39, 0.29) is 6.79 Å². The van der Waals surface area contributed by atoms with Crippen molar-refractivity contribution < 1.29 is 14.2 Å². The van der Waals surface area contributed by atoms with Crippen molar-refractivity contribution in [3.63, 3.8) is 0 Å². The Morgan fingerprint density at radius 3 is 2.60 bits per heavy atom. The lowest BCUT2D eigenvalue weighted by Gasteiger charge is -2.06. The summed E-state index contributed by atoms with van der Waals surface area (Å²) in [4.78, 5) is 0. The van der Waals surface area contributed by atoms with E-state index in [0.29, 0.717) is 0 Å². The van der Waals surface area contributed by atoms with Gasteiger partial charge >= 0.3 is 0 Å². The third-order valence-corrected chi connectivity index (χ3v) is 3.22. The summed E-state index contributed by atoms with van der Waals surface area (Å²) in [6, 6.07) is 14.2. The van der Waals surface area contributed by atoms with Gasteiger partial charge in [-0.15, -0.1) is 0 Å². The molecule has 0 saturated carbocycles. The molecule has 0 aliphatic carbocycles. The van der Waals surface area contributed by atoms with Crippen molar-refractivity contribution in [2.24, 2.45) is 0 Å². The van der Waals surface area contributed by atoms with Crippen LogP contribution in [0.5, 0.6) is 17.2 Å². The van der Waals surface area contributed by atoms with Gasteiger partial charge in [-0.3, -0.25) is 0 Å². The molecular weight excluding hydrogens is 252 g/mol. The number of rotatable bonds is 4. The van der Waals surface area contributed by atoms with E-state index in [1.165, 1.54) is 5.56 Å². The van der Waals surface area contributed by atoms with E-state index in [0.717, 1.165) is 29.2 Å². The Hall–Kier alpha value is -2.42. The molecule has 0 saturated heterocycles. The molecule has 0 aromatic heterocycles. The molecule has 3 heteroatoms. The third-order valence-electron chi connectivity index (χ3n) is 3.22. The number of methoxy groups -OCH3 is 1. The van der Waals surface area contributed by atoms with Crippen LogP contribution < -0.4 is 14.2 Å². The van der Waals surface area contributed by atoms with Crippen molar-refractivity contribution in [1.82, 2.24) is 0 Å². The molecule has 0 fully saturated rings. The standard InChI is InChI=1S/C17H16O3/c1-18-15-11-17-16(19-12-20-17)10-14(15)9-5-8-13-6-3-2-4-7-13/h2-7,9-11H,8,12H2,1H3. The molecule has 0 bridgehead atoms. The van der Waals surface area contributed by atoms with Gasteiger partial charge < -0.3 is 14.2 Å². The molecule has 3 nitrogen and oxygen atoms in total. The summed E-state index contributed by atoms with van der Waals surface area (Å²) in [5.41, 5.74) is 2.27. The fourth-order valence-electron chi connectivity index (χ4n) is 2.18. The van der Waals surface area contributed by atoms with Crippen molar-refractivity contribution in [3.8, 4) is 17.2 Å². The zero-order chi connectivity index (χ0) is 13.8. The first kappa shape index (κ1) is 12.6. The van der Waals surface area contributed by atoms with E-state index in [1.807, 2.05) is 36.4 Å². The molecule has 1 heterocycles. The van der Waals surface area contributed by atoms with Gasteiger partial charge in [-0.1, -0.05) is 42.5 Å². The van der Waals surface area contributed by atoms with Crippen LogP contribution in [0, 0.1) is 0 Å². The number of hydrogen-bond acceptors (Lipinski definition) is 3. The van der Waals surface area contributed by atoms with Crippen LogP contribution in [0.1, 0.15) is 11.1 Å². The maximum atomic E-state index is 5.39. The van der Waals surface area contributed by atoms with Crippen LogP contribution in [-0.4, -0.2) is 13.9 Å². The van der Waals surface area contributed by atoms with Crippen molar-refractivity contribution >= 4 is 6.08 Å². The molecule has 2 aromatic carbocycles. The van der Waals surface area contributed by atoms with Gasteiger partial charge in [0.25, 0.3) is 0 Å². The summed E-state index contributed by atoms with van der Waals surface area (Å²) in [5.74, 6) is 2.30. The minimum atomic E-state index is 0.273. The molecule has 0 N–H and O–H groups in total. The van der Waals surface area contributed by atoms with Gasteiger partial charge in [0, 0.05) is 11.6 Å². The molecule has 0 atom stereocenters. The highest BCUT2D eigenvalue weighted by Gasteiger charge is 2.16. The molecule has 20 heavy (non-hydrogen) atoms. The average Bonchev–Trinajstić information content (AvgIpc) is 2.94. The second kappa shape index (κ2) is 5.70. The lowest BCUT2D eigenvalue weighted by atomic mass is 10.1. The smallest absolute Gasteiger partial charge is 0.231 e. The number of ether oxygens (including phenoxy) is 3. The summed E-state index contributed by atoms with van der Waals surface area (Å²) >= 11 is 0. The summed E-state index contributed by atoms with van der Waals surface area (Å²) in [6.45, 7) is 0.273. The zero-order valence-electron chi connectivity index (χ0n) is 11.3. The maximum Gasteiger partial charge on any atom is 0.231 e. The molecule has 1 aliphatic rings. The molecule has 102 valence electrons. The SMILES string of the molecule is COc1cc2c(cc1C=CCc1ccccc1)OCO2. The third kappa shape index (κ3) is 2.62. The van der Waals surface area contributed by atoms with Gasteiger partial charge in [-0.25, -0.2) is 0 Å². The van der Waals surface area contributed by atoms with E-state index in [9.17, 15) is 0 Å². The van der Waals surface area contributed by atoms with Crippen molar-refractivity contribution in [1.29, 1.82) is 0 Å². The zero-order valence-corrected chi connectivity index (χ0v) is 11.3. The summed E-state index contributed by atoms with van der Waals surface area (Å²) in [7, 11) is 1.66. The highest BCUT2D eigenvalue weighted by atomic mass is 16.7. The van der Waals surface area contributed by atoms with Crippen LogP contribution >= 0.6 is 0 Å². The highest BCUT2D eigenvalue weighted by molar-refractivity contribution is 5.64. The molecule has 0 unspecified atom stereocenters. The predicted molar refractivity (Wildman–Crippen MR) is 78.3 cm³/mol. The summed E-state index contributed by atoms with van der Waals surface area (Å²) < 4.78 is 16.1. The molecule has 0 radical (unpaired) electrons. The Labute approximate surface area is 118 Å². The Bertz CT molecular complexity index is 618. The number of benzene rings is 2. The normalized spacial score (nSPS) is 12.8. The van der Waals surface area contributed by atoms with Crippen molar-refractivity contribution in [3.05, 3.63) is 59.7 Å². The minimum absolute atomic E-state index is 0.273. The molecule has 2 aromatic rings. The van der Waals surface area contributed by atoms with E-state index in [1.54, 1.807) is 7.11 Å². The van der Waals surface area contributed by atoms with Gasteiger partial charge in [-0.05, 0) is 18.1 Å². The van der Waals surface area contributed by atoms with E-state index >= 15 is 0 Å². The largest absolute Gasteiger partial charge is 0.496 e. The van der Waals surface area contributed by atoms with Crippen LogP contribution in [0.25, 0.3) is 6.08 Å². The first-order chi connectivity index (χ1) is 9.86. The van der Waals surface area contributed by atoms with Crippen LogP contribution in [0.2, 0.25) is 0 Å². The molecule has 0 spiro atoms. The summed E-state index contributed by atoms with van der Waals surface area (Å²) in [6.07, 6.45) is 5.06. The Balaban J connectivity index is 1.80. The lowest BCUT2D eigenvalue weighted by Crippen LogP contribution is -1.92. The predicted octanol–water partition coefficient (Wildman–Crippen LogP) is 3.68. The van der Waals surface area contributed by atoms with E-state index in [4.69, 9.17) is 14.2 Å². The average molecular weight is 268 g/mol. The van der Waals surface area contributed by atoms with Crippen LogP contribution in [-0.2, 0) is 6.42 Å². The molecule has 1 aliphatic heterocycles. The quantitative estimate of drug-likeness (QED) is 0.846. The lowest BCUT2D eigenvalue weighted by molar-refractivity contribution is 0.174. The van der Waals surface area contributed by atoms with Gasteiger partial charge in [0.15, 0.2) is 11.5 Å². The van der Waals surface area contributed by atoms with Gasteiger partial charge in [0.2, 0.25) is 6.79 Å². The second-order valence-corrected chi connectivity index (χ2v) is 4.54. The Morgan fingerprint density at radius 1 is 1.10 bits per heavy atom. The van der Waals surface area contributed by atoms with Crippen LogP contribution in [0.15, 0.2) is 48.5 Å². The Morgan fingerprint density at radius 2 is 1.85 bits per heavy atom. The second-order valence-electron chi connectivity index (χ2n) is 4.54. The first-order valence-electron chi connectivity index (χ1n) is 6.55. The topological polar surface area (TPSA) is 27.7 Å². The van der Waals surface area contributed by atoms with E-state index in [2.05, 4.69) is 18.2 Å². The Kier molecular flexibility index (Phi) is 3.59. The first-order valence-corrected chi connectivity index (χ1v) is 6.55. The molecular formula is C17H16O3. The van der Waals surface area contributed by atoms with Crippen molar-refractivity contribution in [2.75, 3.05) is 13.9 Å². The van der Waals surface area contributed by atoms with Gasteiger partial charge in [-0.2, -0.15) is 0 Å². The maximum absolute atomic E-state index is 5.39. The van der Waals surface area contributed by atoms with E-state index < -0.39 is 0 Å². The monoisotopic (exact) mass is 268 g/mol. The molecule has 0 amide bonds. The van der Waals surface area contributed by atoms with Crippen LogP contribution in [0.4, 0.5) is 0 Å². The van der Waals surface area contributed by atoms with Gasteiger partial charge in [0.1, 0.15) is 5.75 Å². The summed E-state index contributed by atoms with van der Waals surface area (Å²) in [5, 5.41) is 0.